The van der Waals surface area contributed by atoms with Crippen LogP contribution in [-0.2, 0) is 11.2 Å². The standard InChI is InChI=1S/C13H15ClN4O2/c14-12-7-10(20-17-12)1-2-13(19)18-6-4-9(8-18)11-3-5-15-16-11/h3,5,7,9H,1-2,4,6,8H2,(H,15,16)/t9-/m0/s1. The maximum atomic E-state index is 12.1. The molecule has 7 heteroatoms. The van der Waals surface area contributed by atoms with Crippen LogP contribution in [-0.4, -0.2) is 39.3 Å². The fourth-order valence-corrected chi connectivity index (χ4v) is 2.68. The number of aromatic amines is 1. The van der Waals surface area contributed by atoms with E-state index in [-0.39, 0.29) is 5.91 Å². The highest BCUT2D eigenvalue weighted by atomic mass is 35.5. The quantitative estimate of drug-likeness (QED) is 0.936. The Bertz CT molecular complexity index is 581. The first-order chi connectivity index (χ1) is 9.72. The van der Waals surface area contributed by atoms with E-state index in [1.807, 2.05) is 11.0 Å². The van der Waals surface area contributed by atoms with E-state index in [2.05, 4.69) is 15.4 Å². The van der Waals surface area contributed by atoms with Gasteiger partial charge in [-0.25, -0.2) is 0 Å². The second kappa shape index (κ2) is 5.66. The van der Waals surface area contributed by atoms with E-state index in [4.69, 9.17) is 16.1 Å². The molecule has 1 N–H and O–H groups in total. The van der Waals surface area contributed by atoms with E-state index >= 15 is 0 Å². The molecule has 0 radical (unpaired) electrons. The fourth-order valence-electron chi connectivity index (χ4n) is 2.53. The average molecular weight is 295 g/mol. The first-order valence-electron chi connectivity index (χ1n) is 6.60. The number of aromatic nitrogens is 3. The zero-order valence-electron chi connectivity index (χ0n) is 10.9. The molecule has 3 heterocycles. The van der Waals surface area contributed by atoms with E-state index in [1.54, 1.807) is 12.3 Å². The minimum absolute atomic E-state index is 0.138. The number of aryl methyl sites for hydroxylation is 1. The molecule has 2 aromatic heterocycles. The van der Waals surface area contributed by atoms with E-state index in [1.165, 1.54) is 0 Å². The molecule has 0 aliphatic carbocycles. The highest BCUT2D eigenvalue weighted by molar-refractivity contribution is 6.29. The van der Waals surface area contributed by atoms with Gasteiger partial charge in [-0.2, -0.15) is 5.10 Å². The first kappa shape index (κ1) is 13.2. The zero-order chi connectivity index (χ0) is 13.9. The van der Waals surface area contributed by atoms with Crippen molar-refractivity contribution >= 4 is 17.5 Å². The van der Waals surface area contributed by atoms with Gasteiger partial charge in [0.05, 0.1) is 0 Å². The number of H-pyrrole nitrogens is 1. The minimum atomic E-state index is 0.138. The summed E-state index contributed by atoms with van der Waals surface area (Å²) < 4.78 is 4.99. The highest BCUT2D eigenvalue weighted by Crippen LogP contribution is 2.26. The van der Waals surface area contributed by atoms with Crippen LogP contribution < -0.4 is 0 Å². The molecule has 1 saturated heterocycles. The Morgan fingerprint density at radius 2 is 2.50 bits per heavy atom. The van der Waals surface area contributed by atoms with Gasteiger partial charge in [0.1, 0.15) is 5.76 Å². The van der Waals surface area contributed by atoms with Crippen LogP contribution in [0, 0.1) is 0 Å². The summed E-state index contributed by atoms with van der Waals surface area (Å²) in [6, 6.07) is 3.61. The van der Waals surface area contributed by atoms with E-state index in [9.17, 15) is 4.79 Å². The van der Waals surface area contributed by atoms with Crippen molar-refractivity contribution in [2.24, 2.45) is 0 Å². The number of amides is 1. The van der Waals surface area contributed by atoms with Crippen LogP contribution in [0.5, 0.6) is 0 Å². The van der Waals surface area contributed by atoms with Crippen LogP contribution in [0.25, 0.3) is 0 Å². The number of halogens is 1. The summed E-state index contributed by atoms with van der Waals surface area (Å²) in [6.07, 6.45) is 3.67. The lowest BCUT2D eigenvalue weighted by molar-refractivity contribution is -0.130. The lowest BCUT2D eigenvalue weighted by Crippen LogP contribution is -2.28. The van der Waals surface area contributed by atoms with Crippen molar-refractivity contribution in [2.75, 3.05) is 13.1 Å². The Labute approximate surface area is 121 Å². The number of carbonyl (C=O) groups is 1. The zero-order valence-corrected chi connectivity index (χ0v) is 11.6. The van der Waals surface area contributed by atoms with Crippen molar-refractivity contribution in [1.82, 2.24) is 20.3 Å². The Hall–Kier alpha value is -1.82. The van der Waals surface area contributed by atoms with Crippen LogP contribution in [0.15, 0.2) is 22.9 Å². The summed E-state index contributed by atoms with van der Waals surface area (Å²) in [5.41, 5.74) is 1.10. The SMILES string of the molecule is O=C(CCc1cc(Cl)no1)N1CC[C@H](c2ccn[nH]2)C1. The number of likely N-dealkylation sites (tertiary alicyclic amines) is 1. The molecular weight excluding hydrogens is 280 g/mol. The molecule has 1 amide bonds. The highest BCUT2D eigenvalue weighted by Gasteiger charge is 2.27. The third-order valence-electron chi connectivity index (χ3n) is 3.62. The van der Waals surface area contributed by atoms with Crippen LogP contribution >= 0.6 is 11.6 Å². The predicted molar refractivity (Wildman–Crippen MR) is 72.4 cm³/mol. The van der Waals surface area contributed by atoms with Gasteiger partial charge >= 0.3 is 0 Å². The summed E-state index contributed by atoms with van der Waals surface area (Å²) in [4.78, 5) is 14.0. The fraction of sp³-hybridized carbons (Fsp3) is 0.462. The number of nitrogens with zero attached hydrogens (tertiary/aromatic N) is 3. The Kier molecular flexibility index (Phi) is 3.73. The van der Waals surface area contributed by atoms with Gasteiger partial charge in [-0.15, -0.1) is 0 Å². The molecule has 20 heavy (non-hydrogen) atoms. The van der Waals surface area contributed by atoms with Crippen molar-refractivity contribution in [3.05, 3.63) is 34.9 Å². The topological polar surface area (TPSA) is 75.0 Å². The third-order valence-corrected chi connectivity index (χ3v) is 3.80. The molecule has 106 valence electrons. The van der Waals surface area contributed by atoms with Crippen LogP contribution in [0.2, 0.25) is 5.15 Å². The van der Waals surface area contributed by atoms with Gasteiger partial charge in [-0.05, 0) is 12.5 Å². The number of rotatable bonds is 4. The first-order valence-corrected chi connectivity index (χ1v) is 6.98. The monoisotopic (exact) mass is 294 g/mol. The molecule has 1 aliphatic heterocycles. The summed E-state index contributed by atoms with van der Waals surface area (Å²) in [5, 5.41) is 10.8. The maximum Gasteiger partial charge on any atom is 0.223 e. The molecule has 2 aromatic rings. The van der Waals surface area contributed by atoms with Gasteiger partial charge in [-0.1, -0.05) is 16.8 Å². The molecule has 1 fully saturated rings. The Morgan fingerprint density at radius 1 is 1.60 bits per heavy atom. The number of hydrogen-bond donors (Lipinski definition) is 1. The lowest BCUT2D eigenvalue weighted by Gasteiger charge is -2.15. The van der Waals surface area contributed by atoms with Crippen LogP contribution in [0.3, 0.4) is 0 Å². The van der Waals surface area contributed by atoms with Gasteiger partial charge in [0, 0.05) is 49.8 Å². The molecule has 0 unspecified atom stereocenters. The average Bonchev–Trinajstić information content (AvgIpc) is 3.16. The molecule has 0 bridgehead atoms. The second-order valence-corrected chi connectivity index (χ2v) is 5.34. The second-order valence-electron chi connectivity index (χ2n) is 4.95. The number of hydrogen-bond acceptors (Lipinski definition) is 4. The van der Waals surface area contributed by atoms with Crippen molar-refractivity contribution in [2.45, 2.75) is 25.2 Å². The van der Waals surface area contributed by atoms with Gasteiger partial charge in [-0.3, -0.25) is 9.89 Å². The molecule has 0 spiro atoms. The van der Waals surface area contributed by atoms with Crippen molar-refractivity contribution in [3.8, 4) is 0 Å². The van der Waals surface area contributed by atoms with Gasteiger partial charge in [0.2, 0.25) is 5.91 Å². The Morgan fingerprint density at radius 3 is 3.20 bits per heavy atom. The molecule has 0 aromatic carbocycles. The summed E-state index contributed by atoms with van der Waals surface area (Å²) in [7, 11) is 0. The Balaban J connectivity index is 1.51. The smallest absolute Gasteiger partial charge is 0.223 e. The molecule has 1 aliphatic rings. The van der Waals surface area contributed by atoms with E-state index in [0.717, 1.165) is 25.2 Å². The molecule has 0 saturated carbocycles. The van der Waals surface area contributed by atoms with Crippen LogP contribution in [0.4, 0.5) is 0 Å². The van der Waals surface area contributed by atoms with E-state index < -0.39 is 0 Å². The number of nitrogens with one attached hydrogen (secondary N) is 1. The maximum absolute atomic E-state index is 12.1. The largest absolute Gasteiger partial charge is 0.360 e. The molecule has 6 nitrogen and oxygen atoms in total. The summed E-state index contributed by atoms with van der Waals surface area (Å²) in [6.45, 7) is 1.54. The van der Waals surface area contributed by atoms with Gasteiger partial charge in [0.25, 0.3) is 0 Å². The summed E-state index contributed by atoms with van der Waals surface area (Å²) in [5.74, 6) is 1.15. The number of carbonyl (C=O) groups excluding carboxylic acids is 1. The summed E-state index contributed by atoms with van der Waals surface area (Å²) >= 11 is 5.67. The van der Waals surface area contributed by atoms with Crippen LogP contribution in [0.1, 0.15) is 30.2 Å². The predicted octanol–water partition coefficient (Wildman–Crippen LogP) is 2.00. The van der Waals surface area contributed by atoms with Crippen molar-refractivity contribution < 1.29 is 9.32 Å². The molecule has 1 atom stereocenters. The van der Waals surface area contributed by atoms with Gasteiger partial charge in [0.15, 0.2) is 5.15 Å². The van der Waals surface area contributed by atoms with Gasteiger partial charge < -0.3 is 9.42 Å². The van der Waals surface area contributed by atoms with Crippen molar-refractivity contribution in [3.63, 3.8) is 0 Å². The normalized spacial score (nSPS) is 18.6. The molecular formula is C13H15ClN4O2. The lowest BCUT2D eigenvalue weighted by atomic mass is 10.1. The molecule has 3 rings (SSSR count). The third kappa shape index (κ3) is 2.85. The van der Waals surface area contributed by atoms with E-state index in [0.29, 0.717) is 29.7 Å². The van der Waals surface area contributed by atoms with Crippen molar-refractivity contribution in [1.29, 1.82) is 0 Å². The minimum Gasteiger partial charge on any atom is -0.360 e.